The molecule has 2 aliphatic rings. The zero-order chi connectivity index (χ0) is 12.8. The topological polar surface area (TPSA) is 43.0 Å². The summed E-state index contributed by atoms with van der Waals surface area (Å²) in [4.78, 5) is 2.35. The molecule has 0 bridgehead atoms. The Balaban J connectivity index is 1.49. The number of nitrogens with zero attached hydrogens (tertiary/aromatic N) is 1. The van der Waals surface area contributed by atoms with Crippen LogP contribution >= 0.6 is 0 Å². The van der Waals surface area contributed by atoms with Crippen LogP contribution in [-0.4, -0.2) is 70.3 Å². The predicted molar refractivity (Wildman–Crippen MR) is 69.6 cm³/mol. The molecule has 2 aliphatic heterocycles. The van der Waals surface area contributed by atoms with Gasteiger partial charge in [0.2, 0.25) is 0 Å². The maximum absolute atomic E-state index is 5.88. The first-order chi connectivity index (χ1) is 8.78. The molecule has 0 aromatic heterocycles. The van der Waals surface area contributed by atoms with E-state index in [0.717, 1.165) is 58.6 Å². The van der Waals surface area contributed by atoms with Crippen molar-refractivity contribution in [3.63, 3.8) is 0 Å². The summed E-state index contributed by atoms with van der Waals surface area (Å²) in [5.41, 5.74) is 0. The highest BCUT2D eigenvalue weighted by molar-refractivity contribution is 4.88. The number of hydrogen-bond acceptors (Lipinski definition) is 5. The lowest BCUT2D eigenvalue weighted by Gasteiger charge is -2.47. The molecule has 1 N–H and O–H groups in total. The van der Waals surface area contributed by atoms with Gasteiger partial charge in [-0.2, -0.15) is 0 Å². The summed E-state index contributed by atoms with van der Waals surface area (Å²) in [6.45, 7) is 5.87. The summed E-state index contributed by atoms with van der Waals surface area (Å²) < 4.78 is 16.6. The average Bonchev–Trinajstić information content (AvgIpc) is 2.38. The minimum absolute atomic E-state index is 0.351. The number of piperidine rings is 1. The van der Waals surface area contributed by atoms with Crippen molar-refractivity contribution in [3.8, 4) is 0 Å². The van der Waals surface area contributed by atoms with Crippen LogP contribution in [-0.2, 0) is 14.2 Å². The second-order valence-electron chi connectivity index (χ2n) is 5.20. The predicted octanol–water partition coefficient (Wildman–Crippen LogP) is 0.450. The second-order valence-corrected chi connectivity index (χ2v) is 5.20. The van der Waals surface area contributed by atoms with Gasteiger partial charge in [-0.05, 0) is 32.4 Å². The zero-order valence-electron chi connectivity index (χ0n) is 11.6. The minimum Gasteiger partial charge on any atom is -0.378 e. The molecule has 2 saturated heterocycles. The first-order valence-electron chi connectivity index (χ1n) is 6.93. The highest BCUT2D eigenvalue weighted by Gasteiger charge is 2.43. The van der Waals surface area contributed by atoms with Gasteiger partial charge in [-0.1, -0.05) is 0 Å². The van der Waals surface area contributed by atoms with Gasteiger partial charge >= 0.3 is 0 Å². The second kappa shape index (κ2) is 6.82. The third-order valence-electron chi connectivity index (χ3n) is 3.93. The summed E-state index contributed by atoms with van der Waals surface area (Å²) in [5.74, 6) is -0.351. The molecule has 0 unspecified atom stereocenters. The summed E-state index contributed by atoms with van der Waals surface area (Å²) >= 11 is 0. The number of likely N-dealkylation sites (tertiary alicyclic amines) is 1. The van der Waals surface area contributed by atoms with E-state index in [9.17, 15) is 0 Å². The molecule has 0 atom stereocenters. The third-order valence-corrected chi connectivity index (χ3v) is 3.93. The molecule has 106 valence electrons. The smallest absolute Gasteiger partial charge is 0.193 e. The van der Waals surface area contributed by atoms with Gasteiger partial charge in [0, 0.05) is 27.4 Å². The number of nitrogens with one attached hydrogen (secondary N) is 1. The SMILES string of the molecule is COC1(OC)CN(CCCOC2CCNCC2)C1. The largest absolute Gasteiger partial charge is 0.378 e. The normalized spacial score (nSPS) is 25.0. The maximum Gasteiger partial charge on any atom is 0.193 e. The summed E-state index contributed by atoms with van der Waals surface area (Å²) in [6.07, 6.45) is 3.87. The fraction of sp³-hybridized carbons (Fsp3) is 1.00. The van der Waals surface area contributed by atoms with Crippen molar-refractivity contribution in [2.24, 2.45) is 0 Å². The van der Waals surface area contributed by atoms with E-state index in [0.29, 0.717) is 6.10 Å². The molecule has 0 aliphatic carbocycles. The monoisotopic (exact) mass is 258 g/mol. The molecule has 2 heterocycles. The van der Waals surface area contributed by atoms with Gasteiger partial charge in [-0.25, -0.2) is 0 Å². The van der Waals surface area contributed by atoms with Crippen molar-refractivity contribution >= 4 is 0 Å². The van der Waals surface area contributed by atoms with E-state index in [1.807, 2.05) is 0 Å². The Morgan fingerprint density at radius 1 is 1.17 bits per heavy atom. The van der Waals surface area contributed by atoms with Crippen molar-refractivity contribution in [1.29, 1.82) is 0 Å². The number of hydrogen-bond donors (Lipinski definition) is 1. The number of methoxy groups -OCH3 is 2. The third kappa shape index (κ3) is 3.65. The van der Waals surface area contributed by atoms with Gasteiger partial charge in [-0.15, -0.1) is 0 Å². The van der Waals surface area contributed by atoms with Crippen molar-refractivity contribution in [2.75, 3.05) is 53.6 Å². The lowest BCUT2D eigenvalue weighted by atomic mass is 10.1. The van der Waals surface area contributed by atoms with Gasteiger partial charge in [-0.3, -0.25) is 4.90 Å². The molecular formula is C13H26N2O3. The van der Waals surface area contributed by atoms with Crippen LogP contribution in [0, 0.1) is 0 Å². The van der Waals surface area contributed by atoms with Crippen LogP contribution in [0.4, 0.5) is 0 Å². The van der Waals surface area contributed by atoms with Gasteiger partial charge < -0.3 is 19.5 Å². The van der Waals surface area contributed by atoms with E-state index in [4.69, 9.17) is 14.2 Å². The van der Waals surface area contributed by atoms with Gasteiger partial charge in [0.15, 0.2) is 5.79 Å². The van der Waals surface area contributed by atoms with Crippen molar-refractivity contribution in [2.45, 2.75) is 31.2 Å². The fourth-order valence-electron chi connectivity index (χ4n) is 2.63. The van der Waals surface area contributed by atoms with E-state index < -0.39 is 0 Å². The van der Waals surface area contributed by atoms with Crippen LogP contribution in [0.15, 0.2) is 0 Å². The van der Waals surface area contributed by atoms with Crippen molar-refractivity contribution in [1.82, 2.24) is 10.2 Å². The Bertz CT molecular complexity index is 232. The number of rotatable bonds is 7. The molecule has 0 radical (unpaired) electrons. The molecule has 0 spiro atoms. The van der Waals surface area contributed by atoms with Gasteiger partial charge in [0.25, 0.3) is 0 Å². The van der Waals surface area contributed by atoms with Crippen LogP contribution < -0.4 is 5.32 Å². The summed E-state index contributed by atoms with van der Waals surface area (Å²) in [6, 6.07) is 0. The molecule has 0 aromatic rings. The van der Waals surface area contributed by atoms with Crippen LogP contribution in [0.3, 0.4) is 0 Å². The van der Waals surface area contributed by atoms with E-state index in [2.05, 4.69) is 10.2 Å². The van der Waals surface area contributed by atoms with Crippen LogP contribution in [0.25, 0.3) is 0 Å². The highest BCUT2D eigenvalue weighted by atomic mass is 16.7. The first kappa shape index (κ1) is 14.2. The summed E-state index contributed by atoms with van der Waals surface area (Å²) in [5, 5.41) is 3.35. The van der Waals surface area contributed by atoms with Crippen molar-refractivity contribution < 1.29 is 14.2 Å². The Labute approximate surface area is 110 Å². The molecule has 5 nitrogen and oxygen atoms in total. The summed E-state index contributed by atoms with van der Waals surface area (Å²) in [7, 11) is 3.42. The van der Waals surface area contributed by atoms with Crippen LogP contribution in [0.5, 0.6) is 0 Å². The number of ether oxygens (including phenoxy) is 3. The van der Waals surface area contributed by atoms with E-state index >= 15 is 0 Å². The Morgan fingerprint density at radius 3 is 2.44 bits per heavy atom. The minimum atomic E-state index is -0.351. The van der Waals surface area contributed by atoms with Gasteiger partial charge in [0.05, 0.1) is 19.2 Å². The highest BCUT2D eigenvalue weighted by Crippen LogP contribution is 2.25. The zero-order valence-corrected chi connectivity index (χ0v) is 11.6. The molecule has 0 amide bonds. The molecule has 0 aromatic carbocycles. The fourth-order valence-corrected chi connectivity index (χ4v) is 2.63. The van der Waals surface area contributed by atoms with E-state index in [1.165, 1.54) is 0 Å². The molecular weight excluding hydrogens is 232 g/mol. The standard InChI is InChI=1S/C13H26N2O3/c1-16-13(17-2)10-15(11-13)8-3-9-18-12-4-6-14-7-5-12/h12,14H,3-11H2,1-2H3. The Kier molecular flexibility index (Phi) is 5.38. The van der Waals surface area contributed by atoms with Crippen LogP contribution in [0.1, 0.15) is 19.3 Å². The Hall–Kier alpha value is -0.200. The van der Waals surface area contributed by atoms with Gasteiger partial charge in [0.1, 0.15) is 0 Å². The molecule has 2 fully saturated rings. The molecule has 0 saturated carbocycles. The quantitative estimate of drug-likeness (QED) is 0.530. The van der Waals surface area contributed by atoms with E-state index in [-0.39, 0.29) is 5.79 Å². The average molecular weight is 258 g/mol. The molecule has 2 rings (SSSR count). The molecule has 18 heavy (non-hydrogen) atoms. The Morgan fingerprint density at radius 2 is 1.83 bits per heavy atom. The van der Waals surface area contributed by atoms with Crippen LogP contribution in [0.2, 0.25) is 0 Å². The molecule has 5 heteroatoms. The van der Waals surface area contributed by atoms with E-state index in [1.54, 1.807) is 14.2 Å². The lowest BCUT2D eigenvalue weighted by Crippen LogP contribution is -2.63. The lowest BCUT2D eigenvalue weighted by molar-refractivity contribution is -0.275. The first-order valence-corrected chi connectivity index (χ1v) is 6.93. The maximum atomic E-state index is 5.88. The van der Waals surface area contributed by atoms with Crippen molar-refractivity contribution in [3.05, 3.63) is 0 Å².